The lowest BCUT2D eigenvalue weighted by atomic mass is 10.3. The molecule has 0 atom stereocenters. The van der Waals surface area contributed by atoms with Crippen LogP contribution in [0, 0.1) is 0 Å². The van der Waals surface area contributed by atoms with Crippen molar-refractivity contribution in [1.82, 2.24) is 35.0 Å². The molecule has 3 aromatic rings. The number of aromatic nitrogens is 7. The summed E-state index contributed by atoms with van der Waals surface area (Å²) in [6.45, 7) is 0. The van der Waals surface area contributed by atoms with Crippen LogP contribution in [-0.2, 0) is 11.8 Å². The number of anilines is 1. The van der Waals surface area contributed by atoms with Crippen LogP contribution in [0.15, 0.2) is 24.8 Å². The minimum absolute atomic E-state index is 0.251. The smallest absolute Gasteiger partial charge is 0.354 e. The van der Waals surface area contributed by atoms with Crippen molar-refractivity contribution in [3.63, 3.8) is 0 Å². The Hall–Kier alpha value is -3.50. The van der Waals surface area contributed by atoms with E-state index in [0.717, 1.165) is 0 Å². The van der Waals surface area contributed by atoms with Gasteiger partial charge in [0.15, 0.2) is 5.82 Å². The zero-order chi connectivity index (χ0) is 16.4. The third kappa shape index (κ3) is 2.66. The quantitative estimate of drug-likeness (QED) is 0.635. The molecule has 1 amide bonds. The minimum Gasteiger partial charge on any atom is -0.464 e. The number of esters is 1. The van der Waals surface area contributed by atoms with Crippen LogP contribution in [0.3, 0.4) is 0 Å². The van der Waals surface area contributed by atoms with E-state index < -0.39 is 11.9 Å². The Bertz CT molecular complexity index is 848. The normalized spacial score (nSPS) is 10.5. The van der Waals surface area contributed by atoms with Gasteiger partial charge in [-0.3, -0.25) is 9.89 Å². The van der Waals surface area contributed by atoms with Crippen LogP contribution in [-0.4, -0.2) is 54.0 Å². The fourth-order valence-electron chi connectivity index (χ4n) is 2.02. The van der Waals surface area contributed by atoms with Crippen LogP contribution in [0.25, 0.3) is 5.82 Å². The predicted octanol–water partition coefficient (Wildman–Crippen LogP) is -0.237. The van der Waals surface area contributed by atoms with Gasteiger partial charge in [0, 0.05) is 13.2 Å². The number of carbonyl (C=O) groups is 2. The fraction of sp³-hybridized carbons (Fsp3) is 0.167. The maximum absolute atomic E-state index is 12.4. The van der Waals surface area contributed by atoms with Gasteiger partial charge < -0.3 is 14.6 Å². The average Bonchev–Trinajstić information content (AvgIpc) is 3.26. The number of nitrogens with one attached hydrogen (secondary N) is 2. The van der Waals surface area contributed by atoms with Crippen molar-refractivity contribution in [3.8, 4) is 5.82 Å². The molecule has 0 saturated heterocycles. The number of H-pyrrole nitrogens is 1. The molecule has 0 spiro atoms. The second kappa shape index (κ2) is 5.71. The number of hydrogen-bond donors (Lipinski definition) is 2. The van der Waals surface area contributed by atoms with Crippen LogP contribution in [0.2, 0.25) is 0 Å². The van der Waals surface area contributed by atoms with Crippen LogP contribution < -0.4 is 5.32 Å². The molecule has 0 aliphatic rings. The SMILES string of the molecule is COC(=O)c1cc(NC(=O)c2cn[nH]c2-n2cnnn2)cn1C. The largest absolute Gasteiger partial charge is 0.464 e. The highest BCUT2D eigenvalue weighted by Gasteiger charge is 2.18. The molecular formula is C12H12N8O3. The van der Waals surface area contributed by atoms with Crippen molar-refractivity contribution in [3.05, 3.63) is 36.0 Å². The number of aromatic amines is 1. The molecule has 0 unspecified atom stereocenters. The van der Waals surface area contributed by atoms with Crippen molar-refractivity contribution in [2.75, 3.05) is 12.4 Å². The molecule has 0 saturated carbocycles. The second-order valence-electron chi connectivity index (χ2n) is 4.56. The maximum atomic E-state index is 12.4. The Morgan fingerprint density at radius 1 is 1.39 bits per heavy atom. The summed E-state index contributed by atoms with van der Waals surface area (Å²) >= 11 is 0. The van der Waals surface area contributed by atoms with E-state index in [1.54, 1.807) is 17.8 Å². The van der Waals surface area contributed by atoms with E-state index >= 15 is 0 Å². The molecule has 2 N–H and O–H groups in total. The standard InChI is InChI=1S/C12H12N8O3/c1-19-5-7(3-9(19)12(22)23-2)15-11(21)8-4-13-16-10(8)20-6-14-17-18-20/h3-6H,1-2H3,(H,13,16)(H,15,21). The van der Waals surface area contributed by atoms with Gasteiger partial charge in [-0.25, -0.2) is 4.79 Å². The topological polar surface area (TPSA) is 133 Å². The average molecular weight is 316 g/mol. The third-order valence-corrected chi connectivity index (χ3v) is 3.10. The van der Waals surface area contributed by atoms with E-state index in [0.29, 0.717) is 17.2 Å². The maximum Gasteiger partial charge on any atom is 0.354 e. The van der Waals surface area contributed by atoms with Crippen molar-refractivity contribution in [1.29, 1.82) is 0 Å². The lowest BCUT2D eigenvalue weighted by Gasteiger charge is -2.02. The number of ether oxygens (including phenoxy) is 1. The fourth-order valence-corrected chi connectivity index (χ4v) is 2.02. The number of carbonyl (C=O) groups excluding carboxylic acids is 2. The molecule has 0 aromatic carbocycles. The van der Waals surface area contributed by atoms with E-state index in [-0.39, 0.29) is 5.56 Å². The lowest BCUT2D eigenvalue weighted by molar-refractivity contribution is 0.0590. The molecular weight excluding hydrogens is 304 g/mol. The summed E-state index contributed by atoms with van der Waals surface area (Å²) < 4.78 is 7.50. The summed E-state index contributed by atoms with van der Waals surface area (Å²) in [6.07, 6.45) is 4.29. The van der Waals surface area contributed by atoms with Crippen molar-refractivity contribution >= 4 is 17.6 Å². The van der Waals surface area contributed by atoms with Gasteiger partial charge in [-0.1, -0.05) is 0 Å². The Labute approximate surface area is 129 Å². The molecule has 0 bridgehead atoms. The summed E-state index contributed by atoms with van der Waals surface area (Å²) in [5.74, 6) is -0.589. The van der Waals surface area contributed by atoms with Crippen molar-refractivity contribution < 1.29 is 14.3 Å². The first-order valence-electron chi connectivity index (χ1n) is 6.43. The molecule has 23 heavy (non-hydrogen) atoms. The molecule has 0 aliphatic heterocycles. The molecule has 11 nitrogen and oxygen atoms in total. The predicted molar refractivity (Wildman–Crippen MR) is 76.0 cm³/mol. The summed E-state index contributed by atoms with van der Waals surface area (Å²) in [7, 11) is 2.96. The van der Waals surface area contributed by atoms with Gasteiger partial charge in [0.1, 0.15) is 17.6 Å². The van der Waals surface area contributed by atoms with Crippen LogP contribution in [0.4, 0.5) is 5.69 Å². The number of methoxy groups -OCH3 is 1. The molecule has 0 aliphatic carbocycles. The highest BCUT2D eigenvalue weighted by atomic mass is 16.5. The number of amides is 1. The van der Waals surface area contributed by atoms with Crippen LogP contribution in [0.5, 0.6) is 0 Å². The first-order chi connectivity index (χ1) is 11.1. The summed E-state index contributed by atoms with van der Waals surface area (Å²) in [6, 6.07) is 1.51. The van der Waals surface area contributed by atoms with Crippen molar-refractivity contribution in [2.45, 2.75) is 0 Å². The van der Waals surface area contributed by atoms with E-state index in [9.17, 15) is 9.59 Å². The Kier molecular flexibility index (Phi) is 3.58. The monoisotopic (exact) mass is 316 g/mol. The minimum atomic E-state index is -0.495. The van der Waals surface area contributed by atoms with E-state index in [1.807, 2.05) is 0 Å². The number of aryl methyl sites for hydroxylation is 1. The number of nitrogens with zero attached hydrogens (tertiary/aromatic N) is 6. The van der Waals surface area contributed by atoms with E-state index in [2.05, 4.69) is 35.8 Å². The van der Waals surface area contributed by atoms with E-state index in [1.165, 1.54) is 30.4 Å². The van der Waals surface area contributed by atoms with Gasteiger partial charge in [-0.05, 0) is 16.5 Å². The van der Waals surface area contributed by atoms with Crippen molar-refractivity contribution in [2.24, 2.45) is 7.05 Å². The number of rotatable bonds is 4. The Morgan fingerprint density at radius 2 is 2.22 bits per heavy atom. The molecule has 11 heteroatoms. The van der Waals surface area contributed by atoms with Gasteiger partial charge >= 0.3 is 5.97 Å². The summed E-state index contributed by atoms with van der Waals surface area (Å²) in [5, 5.41) is 19.9. The molecule has 3 rings (SSSR count). The zero-order valence-corrected chi connectivity index (χ0v) is 12.2. The molecule has 0 radical (unpaired) electrons. The second-order valence-corrected chi connectivity index (χ2v) is 4.56. The lowest BCUT2D eigenvalue weighted by Crippen LogP contribution is -2.14. The molecule has 3 heterocycles. The molecule has 3 aromatic heterocycles. The van der Waals surface area contributed by atoms with Gasteiger partial charge in [0.2, 0.25) is 0 Å². The number of hydrogen-bond acceptors (Lipinski definition) is 7. The first kappa shape index (κ1) is 14.4. The Balaban J connectivity index is 1.84. The summed E-state index contributed by atoms with van der Waals surface area (Å²) in [4.78, 5) is 23.9. The third-order valence-electron chi connectivity index (χ3n) is 3.10. The van der Waals surface area contributed by atoms with Gasteiger partial charge in [-0.2, -0.15) is 9.78 Å². The van der Waals surface area contributed by atoms with Gasteiger partial charge in [-0.15, -0.1) is 5.10 Å². The highest BCUT2D eigenvalue weighted by Crippen LogP contribution is 2.16. The van der Waals surface area contributed by atoms with Gasteiger partial charge in [0.05, 0.1) is 19.0 Å². The molecule has 0 fully saturated rings. The van der Waals surface area contributed by atoms with E-state index in [4.69, 9.17) is 0 Å². The first-order valence-corrected chi connectivity index (χ1v) is 6.43. The summed E-state index contributed by atoms with van der Waals surface area (Å²) in [5.41, 5.74) is 1.01. The number of tetrazole rings is 1. The van der Waals surface area contributed by atoms with Crippen LogP contribution in [0.1, 0.15) is 20.8 Å². The van der Waals surface area contributed by atoms with Crippen LogP contribution >= 0.6 is 0 Å². The Morgan fingerprint density at radius 3 is 2.91 bits per heavy atom. The zero-order valence-electron chi connectivity index (χ0n) is 12.2. The van der Waals surface area contributed by atoms with Gasteiger partial charge in [0.25, 0.3) is 5.91 Å². The highest BCUT2D eigenvalue weighted by molar-refractivity contribution is 6.06. The molecule has 118 valence electrons.